The number of nitrogens with zero attached hydrogens (tertiary/aromatic N) is 3. The van der Waals surface area contributed by atoms with Crippen molar-refractivity contribution < 1.29 is 9.52 Å². The maximum absolute atomic E-state index is 9.05. The van der Waals surface area contributed by atoms with Crippen LogP contribution in [0.2, 0.25) is 0 Å². The minimum absolute atomic E-state index is 0.151. The molecular weight excluding hydrogens is 338 g/mol. The molecule has 0 saturated heterocycles. The van der Waals surface area contributed by atoms with Gasteiger partial charge >= 0.3 is 0 Å². The summed E-state index contributed by atoms with van der Waals surface area (Å²) in [5.74, 6) is 1.69. The van der Waals surface area contributed by atoms with Crippen LogP contribution in [0.15, 0.2) is 65.3 Å². The molecule has 27 heavy (non-hydrogen) atoms. The molecule has 5 nitrogen and oxygen atoms in total. The van der Waals surface area contributed by atoms with Gasteiger partial charge in [0.1, 0.15) is 17.1 Å². The number of fused-ring (bicyclic) bond motifs is 1. The molecule has 1 N–H and O–H groups in total. The molecule has 3 heterocycles. The molecule has 0 amide bonds. The molecule has 1 aromatic carbocycles. The standard InChI is InChI=1S/C22H21N3O2/c1-25(2)21-8-7-17(14-24-21)18-9-11-23-19-13-20(27-22(18)19)16-5-3-15(4-6-16)10-12-26/h3-9,11,13-14,26H,10,12H2,1-2H3. The summed E-state index contributed by atoms with van der Waals surface area (Å²) in [6.45, 7) is 0.151. The average molecular weight is 359 g/mol. The fourth-order valence-corrected chi connectivity index (χ4v) is 3.08. The lowest BCUT2D eigenvalue weighted by Gasteiger charge is -2.11. The van der Waals surface area contributed by atoms with E-state index in [0.29, 0.717) is 6.42 Å². The Morgan fingerprint density at radius 1 is 0.963 bits per heavy atom. The predicted molar refractivity (Wildman–Crippen MR) is 108 cm³/mol. The summed E-state index contributed by atoms with van der Waals surface area (Å²) < 4.78 is 6.17. The van der Waals surface area contributed by atoms with Gasteiger partial charge in [0.05, 0.1) is 0 Å². The zero-order valence-electron chi connectivity index (χ0n) is 15.4. The van der Waals surface area contributed by atoms with Gasteiger partial charge in [0.25, 0.3) is 0 Å². The largest absolute Gasteiger partial charge is 0.454 e. The van der Waals surface area contributed by atoms with Gasteiger partial charge in [-0.1, -0.05) is 24.3 Å². The zero-order chi connectivity index (χ0) is 18.8. The van der Waals surface area contributed by atoms with Crippen molar-refractivity contribution in [1.29, 1.82) is 0 Å². The van der Waals surface area contributed by atoms with E-state index in [2.05, 4.69) is 9.97 Å². The Morgan fingerprint density at radius 3 is 2.41 bits per heavy atom. The van der Waals surface area contributed by atoms with Gasteiger partial charge in [-0.3, -0.25) is 4.98 Å². The van der Waals surface area contributed by atoms with E-state index in [4.69, 9.17) is 9.52 Å². The summed E-state index contributed by atoms with van der Waals surface area (Å²) in [6.07, 6.45) is 4.30. The highest BCUT2D eigenvalue weighted by molar-refractivity contribution is 5.92. The summed E-state index contributed by atoms with van der Waals surface area (Å²) >= 11 is 0. The van der Waals surface area contributed by atoms with Gasteiger partial charge in [0.15, 0.2) is 5.58 Å². The van der Waals surface area contributed by atoms with Gasteiger partial charge in [-0.25, -0.2) is 4.98 Å². The quantitative estimate of drug-likeness (QED) is 0.580. The molecule has 0 aliphatic heterocycles. The number of aliphatic hydroxyl groups excluding tert-OH is 1. The topological polar surface area (TPSA) is 62.4 Å². The molecule has 5 heteroatoms. The van der Waals surface area contributed by atoms with Crippen LogP contribution in [0.25, 0.3) is 33.6 Å². The number of aromatic nitrogens is 2. The van der Waals surface area contributed by atoms with E-state index in [-0.39, 0.29) is 6.61 Å². The molecule has 4 rings (SSSR count). The number of hydrogen-bond donors (Lipinski definition) is 1. The van der Waals surface area contributed by atoms with E-state index >= 15 is 0 Å². The molecule has 0 radical (unpaired) electrons. The fourth-order valence-electron chi connectivity index (χ4n) is 3.08. The zero-order valence-corrected chi connectivity index (χ0v) is 15.4. The van der Waals surface area contributed by atoms with Crippen molar-refractivity contribution in [2.75, 3.05) is 25.6 Å². The van der Waals surface area contributed by atoms with Crippen molar-refractivity contribution in [3.63, 3.8) is 0 Å². The van der Waals surface area contributed by atoms with Crippen LogP contribution in [0.3, 0.4) is 0 Å². The third-order valence-electron chi connectivity index (χ3n) is 4.57. The number of hydrogen-bond acceptors (Lipinski definition) is 5. The number of benzene rings is 1. The van der Waals surface area contributed by atoms with Crippen molar-refractivity contribution >= 4 is 16.9 Å². The Kier molecular flexibility index (Phi) is 4.60. The summed E-state index contributed by atoms with van der Waals surface area (Å²) in [5, 5.41) is 9.05. The first-order chi connectivity index (χ1) is 13.2. The Labute approximate surface area is 157 Å². The second kappa shape index (κ2) is 7.21. The predicted octanol–water partition coefficient (Wildman–Crippen LogP) is 4.16. The van der Waals surface area contributed by atoms with Crippen LogP contribution in [0, 0.1) is 0 Å². The Hall–Kier alpha value is -3.18. The van der Waals surface area contributed by atoms with Crippen LogP contribution >= 0.6 is 0 Å². The van der Waals surface area contributed by atoms with E-state index in [0.717, 1.165) is 44.9 Å². The maximum Gasteiger partial charge on any atom is 0.161 e. The molecule has 0 bridgehead atoms. The Bertz CT molecular complexity index is 1050. The molecule has 0 aliphatic carbocycles. The molecule has 0 unspecified atom stereocenters. The second-order valence-electron chi connectivity index (χ2n) is 6.65. The van der Waals surface area contributed by atoms with Gasteiger partial charge in [-0.15, -0.1) is 0 Å². The van der Waals surface area contributed by atoms with E-state index in [1.54, 1.807) is 6.20 Å². The smallest absolute Gasteiger partial charge is 0.161 e. The summed E-state index contributed by atoms with van der Waals surface area (Å²) in [4.78, 5) is 10.9. The third-order valence-corrected chi connectivity index (χ3v) is 4.57. The van der Waals surface area contributed by atoms with Crippen molar-refractivity contribution in [2.24, 2.45) is 0 Å². The van der Waals surface area contributed by atoms with Gasteiger partial charge in [0.2, 0.25) is 0 Å². The highest BCUT2D eigenvalue weighted by atomic mass is 16.3. The van der Waals surface area contributed by atoms with Gasteiger partial charge < -0.3 is 14.4 Å². The van der Waals surface area contributed by atoms with Gasteiger partial charge in [-0.05, 0) is 30.2 Å². The van der Waals surface area contributed by atoms with E-state index in [1.165, 1.54) is 0 Å². The lowest BCUT2D eigenvalue weighted by Crippen LogP contribution is -2.09. The first kappa shape index (κ1) is 17.2. The minimum Gasteiger partial charge on any atom is -0.454 e. The SMILES string of the molecule is CN(C)c1ccc(-c2ccnc3cc(-c4ccc(CCO)cc4)oc23)cn1. The second-order valence-corrected chi connectivity index (χ2v) is 6.65. The average Bonchev–Trinajstić information content (AvgIpc) is 3.13. The molecule has 4 aromatic rings. The molecule has 0 spiro atoms. The van der Waals surface area contributed by atoms with Crippen LogP contribution in [0.4, 0.5) is 5.82 Å². The molecule has 0 aliphatic rings. The summed E-state index contributed by atoms with van der Waals surface area (Å²) in [7, 11) is 3.94. The monoisotopic (exact) mass is 359 g/mol. The first-order valence-corrected chi connectivity index (χ1v) is 8.88. The van der Waals surface area contributed by atoms with Crippen molar-refractivity contribution in [3.8, 4) is 22.5 Å². The third kappa shape index (κ3) is 3.41. The number of pyridine rings is 2. The van der Waals surface area contributed by atoms with Crippen molar-refractivity contribution in [3.05, 3.63) is 66.5 Å². The molecule has 0 fully saturated rings. The van der Waals surface area contributed by atoms with Crippen LogP contribution in [0.1, 0.15) is 5.56 Å². The lowest BCUT2D eigenvalue weighted by molar-refractivity contribution is 0.299. The van der Waals surface area contributed by atoms with Crippen LogP contribution < -0.4 is 4.90 Å². The maximum atomic E-state index is 9.05. The van der Waals surface area contributed by atoms with Crippen molar-refractivity contribution in [1.82, 2.24) is 9.97 Å². The number of aliphatic hydroxyl groups is 1. The molecule has 3 aromatic heterocycles. The molecular formula is C22H21N3O2. The summed E-state index contributed by atoms with van der Waals surface area (Å²) in [5.41, 5.74) is 5.63. The van der Waals surface area contributed by atoms with Crippen LogP contribution in [-0.4, -0.2) is 35.8 Å². The lowest BCUT2D eigenvalue weighted by atomic mass is 10.1. The normalized spacial score (nSPS) is 11.1. The van der Waals surface area contributed by atoms with Gasteiger partial charge in [-0.2, -0.15) is 0 Å². The number of furan rings is 1. The fraction of sp³-hybridized carbons (Fsp3) is 0.182. The highest BCUT2D eigenvalue weighted by Gasteiger charge is 2.13. The number of rotatable bonds is 5. The molecule has 136 valence electrons. The molecule has 0 saturated carbocycles. The Morgan fingerprint density at radius 2 is 1.74 bits per heavy atom. The summed E-state index contributed by atoms with van der Waals surface area (Å²) in [6, 6.07) is 16.0. The van der Waals surface area contributed by atoms with Crippen LogP contribution in [0.5, 0.6) is 0 Å². The van der Waals surface area contributed by atoms with E-state index < -0.39 is 0 Å². The van der Waals surface area contributed by atoms with Crippen molar-refractivity contribution in [2.45, 2.75) is 6.42 Å². The van der Waals surface area contributed by atoms with Gasteiger partial charge in [0, 0.05) is 55.9 Å². The van der Waals surface area contributed by atoms with Crippen LogP contribution in [-0.2, 0) is 6.42 Å². The Balaban J connectivity index is 1.73. The number of anilines is 1. The van der Waals surface area contributed by atoms with E-state index in [1.807, 2.05) is 73.7 Å². The van der Waals surface area contributed by atoms with E-state index in [9.17, 15) is 0 Å². The highest BCUT2D eigenvalue weighted by Crippen LogP contribution is 2.33. The molecule has 0 atom stereocenters. The minimum atomic E-state index is 0.151. The first-order valence-electron chi connectivity index (χ1n) is 8.88.